The quantitative estimate of drug-likeness (QED) is 0.833. The van der Waals surface area contributed by atoms with Crippen LogP contribution in [0.2, 0.25) is 0 Å². The Morgan fingerprint density at radius 3 is 2.94 bits per heavy atom. The molecule has 2 aromatic rings. The SMILES string of the molecule is NCc1cc(C(=O)NCc2cccnc2)ccn1. The molecule has 1 amide bonds. The Labute approximate surface area is 105 Å². The number of nitrogens with two attached hydrogens (primary N) is 1. The molecule has 18 heavy (non-hydrogen) atoms. The largest absolute Gasteiger partial charge is 0.348 e. The van der Waals surface area contributed by atoms with E-state index in [0.717, 1.165) is 5.56 Å². The van der Waals surface area contributed by atoms with E-state index in [2.05, 4.69) is 15.3 Å². The molecule has 2 aromatic heterocycles. The number of carbonyl (C=O) groups excluding carboxylic acids is 1. The zero-order valence-corrected chi connectivity index (χ0v) is 9.84. The van der Waals surface area contributed by atoms with Gasteiger partial charge in [-0.15, -0.1) is 0 Å². The Balaban J connectivity index is 1.99. The number of carbonyl (C=O) groups is 1. The maximum absolute atomic E-state index is 11.9. The monoisotopic (exact) mass is 242 g/mol. The Morgan fingerprint density at radius 1 is 1.33 bits per heavy atom. The lowest BCUT2D eigenvalue weighted by Crippen LogP contribution is -2.23. The topological polar surface area (TPSA) is 80.9 Å². The number of aromatic nitrogens is 2. The zero-order chi connectivity index (χ0) is 12.8. The number of pyridine rings is 2. The molecule has 5 nitrogen and oxygen atoms in total. The molecule has 0 aliphatic rings. The third-order valence-corrected chi connectivity index (χ3v) is 2.46. The lowest BCUT2D eigenvalue weighted by atomic mass is 10.2. The molecule has 3 N–H and O–H groups in total. The fourth-order valence-corrected chi connectivity index (χ4v) is 1.52. The van der Waals surface area contributed by atoms with Gasteiger partial charge in [-0.3, -0.25) is 14.8 Å². The van der Waals surface area contributed by atoms with Crippen LogP contribution < -0.4 is 11.1 Å². The van der Waals surface area contributed by atoms with Crippen molar-refractivity contribution in [1.82, 2.24) is 15.3 Å². The van der Waals surface area contributed by atoms with Crippen molar-refractivity contribution < 1.29 is 4.79 Å². The average Bonchev–Trinajstić information content (AvgIpc) is 2.46. The second-order valence-electron chi connectivity index (χ2n) is 3.78. The van der Waals surface area contributed by atoms with E-state index in [1.165, 1.54) is 0 Å². The lowest BCUT2D eigenvalue weighted by Gasteiger charge is -2.05. The zero-order valence-electron chi connectivity index (χ0n) is 9.84. The molecule has 0 aliphatic heterocycles. The van der Waals surface area contributed by atoms with Gasteiger partial charge in [-0.2, -0.15) is 0 Å². The lowest BCUT2D eigenvalue weighted by molar-refractivity contribution is 0.0950. The molecule has 2 rings (SSSR count). The van der Waals surface area contributed by atoms with Crippen LogP contribution in [-0.2, 0) is 13.1 Å². The highest BCUT2D eigenvalue weighted by molar-refractivity contribution is 5.94. The first-order chi connectivity index (χ1) is 8.79. The molecule has 0 bridgehead atoms. The number of nitrogens with one attached hydrogen (secondary N) is 1. The van der Waals surface area contributed by atoms with Crippen molar-refractivity contribution in [3.63, 3.8) is 0 Å². The predicted octanol–water partition coefficient (Wildman–Crippen LogP) is 0.865. The predicted molar refractivity (Wildman–Crippen MR) is 67.5 cm³/mol. The third kappa shape index (κ3) is 3.11. The first kappa shape index (κ1) is 12.2. The summed E-state index contributed by atoms with van der Waals surface area (Å²) in [4.78, 5) is 19.9. The second-order valence-corrected chi connectivity index (χ2v) is 3.78. The van der Waals surface area contributed by atoms with Crippen LogP contribution in [0.3, 0.4) is 0 Å². The summed E-state index contributed by atoms with van der Waals surface area (Å²) < 4.78 is 0. The molecule has 2 heterocycles. The van der Waals surface area contributed by atoms with E-state index < -0.39 is 0 Å². The van der Waals surface area contributed by atoms with Gasteiger partial charge in [-0.25, -0.2) is 0 Å². The summed E-state index contributed by atoms with van der Waals surface area (Å²) in [6.45, 7) is 0.774. The smallest absolute Gasteiger partial charge is 0.251 e. The fourth-order valence-electron chi connectivity index (χ4n) is 1.52. The molecule has 0 atom stereocenters. The molecule has 92 valence electrons. The van der Waals surface area contributed by atoms with Gasteiger partial charge in [-0.1, -0.05) is 6.07 Å². The highest BCUT2D eigenvalue weighted by Crippen LogP contribution is 2.02. The molecule has 0 radical (unpaired) electrons. The van der Waals surface area contributed by atoms with Crippen LogP contribution >= 0.6 is 0 Å². The fraction of sp³-hybridized carbons (Fsp3) is 0.154. The molecule has 5 heteroatoms. The minimum atomic E-state index is -0.143. The minimum Gasteiger partial charge on any atom is -0.348 e. The van der Waals surface area contributed by atoms with Gasteiger partial charge in [0, 0.05) is 37.2 Å². The van der Waals surface area contributed by atoms with Gasteiger partial charge in [0.2, 0.25) is 0 Å². The standard InChI is InChI=1S/C13H14N4O/c14-7-12-6-11(3-5-16-12)13(18)17-9-10-2-1-4-15-8-10/h1-6,8H,7,9,14H2,(H,17,18). The third-order valence-electron chi connectivity index (χ3n) is 2.46. The van der Waals surface area contributed by atoms with Crippen molar-refractivity contribution in [2.45, 2.75) is 13.1 Å². The average molecular weight is 242 g/mol. The number of nitrogens with zero attached hydrogens (tertiary/aromatic N) is 2. The number of hydrogen-bond donors (Lipinski definition) is 2. The van der Waals surface area contributed by atoms with E-state index in [9.17, 15) is 4.79 Å². The normalized spacial score (nSPS) is 10.1. The molecule has 0 unspecified atom stereocenters. The molecule has 0 saturated carbocycles. The van der Waals surface area contributed by atoms with Crippen molar-refractivity contribution in [2.24, 2.45) is 5.73 Å². The van der Waals surface area contributed by atoms with Crippen molar-refractivity contribution in [3.8, 4) is 0 Å². The molecular formula is C13H14N4O. The van der Waals surface area contributed by atoms with Crippen LogP contribution in [0.5, 0.6) is 0 Å². The van der Waals surface area contributed by atoms with E-state index in [0.29, 0.717) is 24.3 Å². The van der Waals surface area contributed by atoms with Crippen LogP contribution in [0.1, 0.15) is 21.6 Å². The van der Waals surface area contributed by atoms with Crippen LogP contribution in [0.25, 0.3) is 0 Å². The van der Waals surface area contributed by atoms with Crippen LogP contribution in [0, 0.1) is 0 Å². The summed E-state index contributed by atoms with van der Waals surface area (Å²) in [6, 6.07) is 7.10. The Hall–Kier alpha value is -2.27. The maximum atomic E-state index is 11.9. The van der Waals surface area contributed by atoms with E-state index in [1.807, 2.05) is 12.1 Å². The highest BCUT2D eigenvalue weighted by atomic mass is 16.1. The minimum absolute atomic E-state index is 0.143. The second kappa shape index (κ2) is 5.88. The van der Waals surface area contributed by atoms with Gasteiger partial charge in [0.25, 0.3) is 5.91 Å². The van der Waals surface area contributed by atoms with Gasteiger partial charge in [0.1, 0.15) is 0 Å². The van der Waals surface area contributed by atoms with Gasteiger partial charge in [-0.05, 0) is 23.8 Å². The highest BCUT2D eigenvalue weighted by Gasteiger charge is 2.06. The van der Waals surface area contributed by atoms with Crippen LogP contribution in [-0.4, -0.2) is 15.9 Å². The molecular weight excluding hydrogens is 228 g/mol. The van der Waals surface area contributed by atoms with E-state index >= 15 is 0 Å². The summed E-state index contributed by atoms with van der Waals surface area (Å²) in [5.41, 5.74) is 7.70. The molecule has 0 saturated heterocycles. The summed E-state index contributed by atoms with van der Waals surface area (Å²) in [5, 5.41) is 2.82. The van der Waals surface area contributed by atoms with Crippen molar-refractivity contribution >= 4 is 5.91 Å². The Kier molecular flexibility index (Phi) is 3.98. The van der Waals surface area contributed by atoms with Gasteiger partial charge < -0.3 is 11.1 Å². The molecule has 0 spiro atoms. The molecule has 0 fully saturated rings. The number of amides is 1. The number of hydrogen-bond acceptors (Lipinski definition) is 4. The van der Waals surface area contributed by atoms with Gasteiger partial charge in [0.15, 0.2) is 0 Å². The van der Waals surface area contributed by atoms with Crippen molar-refractivity contribution in [2.75, 3.05) is 0 Å². The summed E-state index contributed by atoms with van der Waals surface area (Å²) in [5.74, 6) is -0.143. The molecule has 0 aliphatic carbocycles. The Morgan fingerprint density at radius 2 is 2.22 bits per heavy atom. The van der Waals surface area contributed by atoms with E-state index in [4.69, 9.17) is 5.73 Å². The first-order valence-corrected chi connectivity index (χ1v) is 5.61. The summed E-state index contributed by atoms with van der Waals surface area (Å²) >= 11 is 0. The first-order valence-electron chi connectivity index (χ1n) is 5.61. The van der Waals surface area contributed by atoms with Crippen molar-refractivity contribution in [1.29, 1.82) is 0 Å². The number of rotatable bonds is 4. The van der Waals surface area contributed by atoms with E-state index in [1.54, 1.807) is 30.7 Å². The summed E-state index contributed by atoms with van der Waals surface area (Å²) in [6.07, 6.45) is 5.00. The maximum Gasteiger partial charge on any atom is 0.251 e. The van der Waals surface area contributed by atoms with Crippen LogP contribution in [0.15, 0.2) is 42.9 Å². The molecule has 0 aromatic carbocycles. The van der Waals surface area contributed by atoms with Gasteiger partial charge >= 0.3 is 0 Å². The summed E-state index contributed by atoms with van der Waals surface area (Å²) in [7, 11) is 0. The van der Waals surface area contributed by atoms with E-state index in [-0.39, 0.29) is 5.91 Å². The van der Waals surface area contributed by atoms with Crippen LogP contribution in [0.4, 0.5) is 0 Å². The van der Waals surface area contributed by atoms with Gasteiger partial charge in [0.05, 0.1) is 5.69 Å². The Bertz CT molecular complexity index is 528. The van der Waals surface area contributed by atoms with Crippen molar-refractivity contribution in [3.05, 3.63) is 59.7 Å².